The van der Waals surface area contributed by atoms with Crippen molar-refractivity contribution in [2.45, 2.75) is 33.1 Å². The molecule has 0 saturated carbocycles. The first-order chi connectivity index (χ1) is 13.5. The average Bonchev–Trinajstić information content (AvgIpc) is 2.69. The number of rotatable bonds is 6. The third kappa shape index (κ3) is 5.58. The molecule has 0 unspecified atom stereocenters. The zero-order valence-electron chi connectivity index (χ0n) is 16.1. The van der Waals surface area contributed by atoms with Crippen molar-refractivity contribution in [1.82, 2.24) is 0 Å². The van der Waals surface area contributed by atoms with Gasteiger partial charge in [-0.05, 0) is 60.0 Å². The Hall–Kier alpha value is -3.34. The van der Waals surface area contributed by atoms with Crippen LogP contribution >= 0.6 is 0 Å². The third-order valence-electron chi connectivity index (χ3n) is 4.42. The van der Waals surface area contributed by atoms with Gasteiger partial charge in [0.15, 0.2) is 0 Å². The normalized spacial score (nSPS) is 10.1. The molecule has 0 spiro atoms. The number of hydrogen-bond donors (Lipinski definition) is 2. The van der Waals surface area contributed by atoms with Crippen LogP contribution in [0.4, 0.5) is 4.79 Å². The van der Waals surface area contributed by atoms with Crippen LogP contribution in [0.2, 0.25) is 0 Å². The van der Waals surface area contributed by atoms with Crippen LogP contribution in [-0.4, -0.2) is 17.5 Å². The molecule has 0 aliphatic carbocycles. The molecule has 3 rings (SSSR count). The number of nitrogens with two attached hydrogens (primary N) is 1. The SMILES string of the molecule is CCc1cc(Oc2ccc(C)c3ccccc23)ccc1CCC=O.NC(=O)O. The van der Waals surface area contributed by atoms with E-state index in [1.807, 2.05) is 18.2 Å². The third-order valence-corrected chi connectivity index (χ3v) is 4.42. The van der Waals surface area contributed by atoms with E-state index in [-0.39, 0.29) is 0 Å². The Balaban J connectivity index is 0.000000640. The minimum absolute atomic E-state index is 0.565. The highest BCUT2D eigenvalue weighted by Crippen LogP contribution is 2.32. The summed E-state index contributed by atoms with van der Waals surface area (Å²) in [6.07, 6.45) is 1.93. The fourth-order valence-corrected chi connectivity index (χ4v) is 3.09. The molecule has 5 heteroatoms. The summed E-state index contributed by atoms with van der Waals surface area (Å²) in [6.45, 7) is 4.24. The standard InChI is InChI=1S/C22H22O2.CH3NO2/c1-3-17-15-19(12-11-18(17)7-6-14-23)24-22-13-10-16(2)20-8-4-5-9-21(20)22;2-1(3)4/h4-5,8-15H,3,6-7H2,1-2H3;2H2,(H,3,4). The van der Waals surface area contributed by atoms with E-state index in [1.165, 1.54) is 22.1 Å². The van der Waals surface area contributed by atoms with Crippen LogP contribution in [0, 0.1) is 6.92 Å². The first-order valence-electron chi connectivity index (χ1n) is 9.16. The lowest BCUT2D eigenvalue weighted by molar-refractivity contribution is -0.107. The van der Waals surface area contributed by atoms with Gasteiger partial charge in [0.05, 0.1) is 0 Å². The Bertz CT molecular complexity index is 962. The molecule has 0 aromatic heterocycles. The van der Waals surface area contributed by atoms with Crippen molar-refractivity contribution in [3.05, 3.63) is 71.3 Å². The molecular formula is C23H25NO4. The number of primary amides is 1. The molecular weight excluding hydrogens is 354 g/mol. The first-order valence-corrected chi connectivity index (χ1v) is 9.16. The monoisotopic (exact) mass is 379 g/mol. The van der Waals surface area contributed by atoms with Gasteiger partial charge >= 0.3 is 6.09 Å². The molecule has 3 aromatic rings. The highest BCUT2D eigenvalue weighted by Gasteiger charge is 2.08. The first kappa shape index (κ1) is 21.0. The maximum atomic E-state index is 10.6. The quantitative estimate of drug-likeness (QED) is 0.572. The van der Waals surface area contributed by atoms with Crippen LogP contribution in [0.5, 0.6) is 11.5 Å². The molecule has 0 bridgehead atoms. The molecule has 3 N–H and O–H groups in total. The molecule has 0 saturated heterocycles. The number of carbonyl (C=O) groups excluding carboxylic acids is 1. The van der Waals surface area contributed by atoms with E-state index in [0.717, 1.165) is 36.0 Å². The minimum Gasteiger partial charge on any atom is -0.465 e. The fourth-order valence-electron chi connectivity index (χ4n) is 3.09. The minimum atomic E-state index is -1.33. The Kier molecular flexibility index (Phi) is 7.57. The van der Waals surface area contributed by atoms with Gasteiger partial charge in [-0.3, -0.25) is 0 Å². The molecule has 1 amide bonds. The molecule has 28 heavy (non-hydrogen) atoms. The van der Waals surface area contributed by atoms with Crippen LogP contribution in [0.1, 0.15) is 30.0 Å². The Morgan fingerprint density at radius 2 is 1.75 bits per heavy atom. The number of carboxylic acid groups (broad SMARTS) is 1. The van der Waals surface area contributed by atoms with Gasteiger partial charge in [0.2, 0.25) is 0 Å². The predicted octanol–water partition coefficient (Wildman–Crippen LogP) is 5.26. The van der Waals surface area contributed by atoms with Crippen molar-refractivity contribution < 1.29 is 19.4 Å². The van der Waals surface area contributed by atoms with Crippen LogP contribution in [0.15, 0.2) is 54.6 Å². The second-order valence-electron chi connectivity index (χ2n) is 6.36. The van der Waals surface area contributed by atoms with Crippen molar-refractivity contribution in [2.75, 3.05) is 0 Å². The predicted molar refractivity (Wildman–Crippen MR) is 111 cm³/mol. The van der Waals surface area contributed by atoms with E-state index in [9.17, 15) is 4.79 Å². The Labute approximate surface area is 164 Å². The second kappa shape index (κ2) is 10.1. The number of carbonyl (C=O) groups is 2. The van der Waals surface area contributed by atoms with E-state index >= 15 is 0 Å². The zero-order chi connectivity index (χ0) is 20.5. The number of amides is 1. The maximum Gasteiger partial charge on any atom is 0.402 e. The number of benzene rings is 3. The molecule has 5 nitrogen and oxygen atoms in total. The van der Waals surface area contributed by atoms with Gasteiger partial charge in [-0.15, -0.1) is 0 Å². The van der Waals surface area contributed by atoms with E-state index in [2.05, 4.69) is 56.0 Å². The van der Waals surface area contributed by atoms with Crippen molar-refractivity contribution in [1.29, 1.82) is 0 Å². The lowest BCUT2D eigenvalue weighted by Gasteiger charge is -2.13. The fraction of sp³-hybridized carbons (Fsp3) is 0.217. The van der Waals surface area contributed by atoms with Gasteiger partial charge in [-0.2, -0.15) is 0 Å². The number of aryl methyl sites for hydroxylation is 3. The summed E-state index contributed by atoms with van der Waals surface area (Å²) in [4.78, 5) is 19.4. The molecule has 0 radical (unpaired) electrons. The van der Waals surface area contributed by atoms with Crippen LogP contribution < -0.4 is 10.5 Å². The molecule has 146 valence electrons. The van der Waals surface area contributed by atoms with Crippen molar-refractivity contribution in [3.63, 3.8) is 0 Å². The summed E-state index contributed by atoms with van der Waals surface area (Å²) in [6, 6.07) is 18.6. The molecule has 0 fully saturated rings. The Morgan fingerprint density at radius 3 is 2.39 bits per heavy atom. The van der Waals surface area contributed by atoms with E-state index in [4.69, 9.17) is 14.6 Å². The maximum absolute atomic E-state index is 10.6. The van der Waals surface area contributed by atoms with Crippen molar-refractivity contribution >= 4 is 23.2 Å². The molecule has 0 heterocycles. The van der Waals surface area contributed by atoms with Gasteiger partial charge in [0.25, 0.3) is 0 Å². The molecule has 0 aliphatic rings. The smallest absolute Gasteiger partial charge is 0.402 e. The van der Waals surface area contributed by atoms with E-state index in [1.54, 1.807) is 0 Å². The summed E-state index contributed by atoms with van der Waals surface area (Å²) in [7, 11) is 0. The number of aldehydes is 1. The number of ether oxygens (including phenoxy) is 1. The number of fused-ring (bicyclic) bond motifs is 1. The van der Waals surface area contributed by atoms with Gasteiger partial charge in [0.1, 0.15) is 17.8 Å². The second-order valence-corrected chi connectivity index (χ2v) is 6.36. The van der Waals surface area contributed by atoms with E-state index < -0.39 is 6.09 Å². The largest absolute Gasteiger partial charge is 0.465 e. The highest BCUT2D eigenvalue weighted by molar-refractivity contribution is 5.91. The van der Waals surface area contributed by atoms with Gasteiger partial charge < -0.3 is 20.4 Å². The van der Waals surface area contributed by atoms with Crippen LogP contribution in [0.25, 0.3) is 10.8 Å². The molecule has 0 atom stereocenters. The van der Waals surface area contributed by atoms with Crippen LogP contribution in [-0.2, 0) is 17.6 Å². The van der Waals surface area contributed by atoms with Gasteiger partial charge in [-0.1, -0.05) is 43.3 Å². The van der Waals surface area contributed by atoms with Gasteiger partial charge in [0, 0.05) is 11.8 Å². The summed E-state index contributed by atoms with van der Waals surface area (Å²) >= 11 is 0. The highest BCUT2D eigenvalue weighted by atomic mass is 16.5. The van der Waals surface area contributed by atoms with Crippen molar-refractivity contribution in [3.8, 4) is 11.5 Å². The summed E-state index contributed by atoms with van der Waals surface area (Å²) in [5.74, 6) is 1.72. The van der Waals surface area contributed by atoms with Gasteiger partial charge in [-0.25, -0.2) is 4.79 Å². The summed E-state index contributed by atoms with van der Waals surface area (Å²) in [5, 5.41) is 9.54. The summed E-state index contributed by atoms with van der Waals surface area (Å²) < 4.78 is 6.18. The average molecular weight is 379 g/mol. The Morgan fingerprint density at radius 1 is 1.07 bits per heavy atom. The van der Waals surface area contributed by atoms with Crippen molar-refractivity contribution in [2.24, 2.45) is 5.73 Å². The lowest BCUT2D eigenvalue weighted by Crippen LogP contribution is -2.03. The topological polar surface area (TPSA) is 89.6 Å². The zero-order valence-corrected chi connectivity index (χ0v) is 16.1. The summed E-state index contributed by atoms with van der Waals surface area (Å²) in [5.41, 5.74) is 7.74. The number of hydrogen-bond acceptors (Lipinski definition) is 3. The molecule has 0 aliphatic heterocycles. The van der Waals surface area contributed by atoms with Crippen LogP contribution in [0.3, 0.4) is 0 Å². The van der Waals surface area contributed by atoms with E-state index in [0.29, 0.717) is 6.42 Å². The molecule has 3 aromatic carbocycles. The lowest BCUT2D eigenvalue weighted by atomic mass is 10.0.